The number of aromatic nitrogens is 6. The van der Waals surface area contributed by atoms with E-state index in [1.807, 2.05) is 6.07 Å². The van der Waals surface area contributed by atoms with Gasteiger partial charge in [0.25, 0.3) is 0 Å². The molecule has 119 heavy (non-hydrogen) atoms. The minimum atomic E-state index is 0.636. The Morgan fingerprint density at radius 2 is 0.580 bits per heavy atom. The molecule has 6 aromatic heterocycles. The lowest BCUT2D eigenvalue weighted by Crippen LogP contribution is -2.02. The van der Waals surface area contributed by atoms with E-state index in [9.17, 15) is 0 Å². The summed E-state index contributed by atoms with van der Waals surface area (Å²) in [5, 5.41) is 11.6. The number of rotatable bonds is 13. The fraction of sp³-hybridized carbons (Fsp3) is 0. The molecule has 0 fully saturated rings. The van der Waals surface area contributed by atoms with Gasteiger partial charge in [0.1, 0.15) is 17.0 Å². The Balaban J connectivity index is 0.615. The van der Waals surface area contributed by atoms with Crippen LogP contribution in [0.4, 0.5) is 0 Å². The second-order valence-electron chi connectivity index (χ2n) is 31.1. The maximum absolute atomic E-state index is 6.92. The van der Waals surface area contributed by atoms with Gasteiger partial charge in [-0.2, -0.15) is 0 Å². The number of benzene rings is 18. The van der Waals surface area contributed by atoms with Crippen molar-refractivity contribution in [3.63, 3.8) is 0 Å². The van der Waals surface area contributed by atoms with Gasteiger partial charge >= 0.3 is 0 Å². The highest BCUT2D eigenvalue weighted by molar-refractivity contribution is 6.22. The number of hydrogen-bond acceptors (Lipinski definition) is 3. The SMILES string of the molecule is c1ccc(-c2cc(-c3ccc4oc5cc(-c6cccc(-c7cc(-n8c9ccccc9c9c(-c%10cc%11c%12ccccc%12n(-c%12ccccc%12)c%11cc%10-c%10ccccc%10)cccc98)nc(-c8ccccc8)n7)c6)ccc5c4c3)cc(-n3c4ccccc4c4c(-c5cc6c7ccccc7n(-c7ccccc7)c6cc5-c5ccccc5)cccc43)c2)cc1. The smallest absolute Gasteiger partial charge is 0.162 e. The van der Waals surface area contributed by atoms with E-state index in [4.69, 9.17) is 14.4 Å². The van der Waals surface area contributed by atoms with E-state index in [1.54, 1.807) is 0 Å². The molecule has 0 unspecified atom stereocenters. The van der Waals surface area contributed by atoms with Crippen molar-refractivity contribution in [2.24, 2.45) is 0 Å². The Labute approximate surface area is 685 Å². The highest BCUT2D eigenvalue weighted by Crippen LogP contribution is 2.50. The molecule has 24 rings (SSSR count). The van der Waals surface area contributed by atoms with E-state index in [-0.39, 0.29) is 0 Å². The van der Waals surface area contributed by atoms with Crippen LogP contribution in [0.1, 0.15) is 0 Å². The monoisotopic (exact) mass is 1510 g/mol. The summed E-state index contributed by atoms with van der Waals surface area (Å²) in [6.45, 7) is 0. The van der Waals surface area contributed by atoms with Crippen LogP contribution in [-0.2, 0) is 0 Å². The van der Waals surface area contributed by atoms with Crippen LogP contribution in [0.5, 0.6) is 0 Å². The third kappa shape index (κ3) is 11.0. The van der Waals surface area contributed by atoms with Crippen LogP contribution in [0.15, 0.2) is 429 Å². The second-order valence-corrected chi connectivity index (χ2v) is 31.1. The highest BCUT2D eigenvalue weighted by Gasteiger charge is 2.27. The molecule has 0 bridgehead atoms. The Morgan fingerprint density at radius 1 is 0.176 bits per heavy atom. The molecule has 0 saturated carbocycles. The minimum Gasteiger partial charge on any atom is -0.456 e. The first-order valence-electron chi connectivity index (χ1n) is 40.7. The molecule has 0 aliphatic heterocycles. The Morgan fingerprint density at radius 3 is 1.14 bits per heavy atom. The lowest BCUT2D eigenvalue weighted by molar-refractivity contribution is 0.669. The molecular weight excluding hydrogens is 1450 g/mol. The van der Waals surface area contributed by atoms with E-state index >= 15 is 0 Å². The fourth-order valence-corrected chi connectivity index (χ4v) is 19.0. The third-order valence-corrected chi connectivity index (χ3v) is 24.4. The molecule has 0 atom stereocenters. The predicted octanol–water partition coefficient (Wildman–Crippen LogP) is 29.8. The van der Waals surface area contributed by atoms with E-state index in [0.29, 0.717) is 5.82 Å². The van der Waals surface area contributed by atoms with Gasteiger partial charge in [0.05, 0.1) is 49.8 Å². The third-order valence-electron chi connectivity index (χ3n) is 24.4. The molecular formula is C112H70N6O. The van der Waals surface area contributed by atoms with Crippen molar-refractivity contribution >= 4 is 109 Å². The summed E-state index contributed by atoms with van der Waals surface area (Å²) in [7, 11) is 0. The molecule has 7 heteroatoms. The molecule has 6 heterocycles. The van der Waals surface area contributed by atoms with E-state index in [1.165, 1.54) is 65.6 Å². The molecule has 7 nitrogen and oxygen atoms in total. The first-order valence-corrected chi connectivity index (χ1v) is 40.7. The Bertz CT molecular complexity index is 8200. The van der Waals surface area contributed by atoms with Crippen LogP contribution in [0.3, 0.4) is 0 Å². The van der Waals surface area contributed by atoms with Gasteiger partial charge in [0.15, 0.2) is 5.82 Å². The normalized spacial score (nSPS) is 11.9. The van der Waals surface area contributed by atoms with Crippen molar-refractivity contribution in [1.82, 2.24) is 28.2 Å². The molecule has 0 amide bonds. The zero-order valence-corrected chi connectivity index (χ0v) is 64.5. The largest absolute Gasteiger partial charge is 0.456 e. The lowest BCUT2D eigenvalue weighted by Gasteiger charge is -2.16. The zero-order valence-electron chi connectivity index (χ0n) is 64.5. The summed E-state index contributed by atoms with van der Waals surface area (Å²) in [5.41, 5.74) is 32.5. The van der Waals surface area contributed by atoms with Gasteiger partial charge in [-0.05, 0) is 211 Å². The van der Waals surface area contributed by atoms with Crippen LogP contribution in [0, 0.1) is 0 Å². The minimum absolute atomic E-state index is 0.636. The maximum atomic E-state index is 6.92. The number of para-hydroxylation sites is 6. The van der Waals surface area contributed by atoms with Crippen LogP contribution in [-0.4, -0.2) is 28.2 Å². The molecule has 0 aliphatic rings. The van der Waals surface area contributed by atoms with Crippen molar-refractivity contribution in [1.29, 1.82) is 0 Å². The molecule has 24 aromatic rings. The number of nitrogens with zero attached hydrogens (tertiary/aromatic N) is 6. The van der Waals surface area contributed by atoms with Gasteiger partial charge in [-0.1, -0.05) is 285 Å². The first kappa shape index (κ1) is 67.5. The predicted molar refractivity (Wildman–Crippen MR) is 496 cm³/mol. The number of furan rings is 1. The van der Waals surface area contributed by atoms with Crippen LogP contribution >= 0.6 is 0 Å². The second kappa shape index (κ2) is 27.4. The van der Waals surface area contributed by atoms with Crippen molar-refractivity contribution in [3.8, 4) is 123 Å². The average Bonchev–Trinajstić information content (AvgIpc) is 1.59. The standard InChI is InChI=1S/C112H70N6O/c1-7-30-71(31-8-1)79-61-80(63-83(62-79)117-101-52-25-21-46-89(101)110-87(48-28-54-103(110)117)93-66-95-84-44-19-23-50-99(84)115(81-40-15-5-16-41-81)105(95)68-91(93)72-32-9-2-10-33-72)76-57-59-107-97(64-76)86-58-56-77(65-108(86)119-107)75-38-27-39-78(60-75)98-70-109(114-112(113-98)74-36-13-4-14-37-74)118-102-53-26-22-47-90(102)111-88(49-29-55-104(111)118)94-67-96-85-45-20-24-51-100(85)116(82-42-17-6-18-43-82)106(96)69-92(94)73-34-11-3-12-35-73/h1-70H. The van der Waals surface area contributed by atoms with Gasteiger partial charge in [0, 0.05) is 88.1 Å². The van der Waals surface area contributed by atoms with Gasteiger partial charge in [-0.15, -0.1) is 0 Å². The average molecular weight is 1520 g/mol. The van der Waals surface area contributed by atoms with Gasteiger partial charge in [0.2, 0.25) is 0 Å². The lowest BCUT2D eigenvalue weighted by atomic mass is 9.90. The van der Waals surface area contributed by atoms with Crippen LogP contribution in [0.2, 0.25) is 0 Å². The van der Waals surface area contributed by atoms with Gasteiger partial charge in [-0.3, -0.25) is 4.57 Å². The maximum Gasteiger partial charge on any atom is 0.162 e. The van der Waals surface area contributed by atoms with Crippen molar-refractivity contribution < 1.29 is 4.42 Å². The molecule has 0 aliphatic carbocycles. The molecule has 0 spiro atoms. The molecule has 0 radical (unpaired) electrons. The fourth-order valence-electron chi connectivity index (χ4n) is 19.0. The first-order chi connectivity index (χ1) is 59.0. The zero-order chi connectivity index (χ0) is 78.2. The molecule has 0 N–H and O–H groups in total. The Hall–Kier alpha value is -16.0. The topological polar surface area (TPSA) is 58.6 Å². The number of fused-ring (bicyclic) bond motifs is 15. The Kier molecular flexibility index (Phi) is 15.5. The highest BCUT2D eigenvalue weighted by atomic mass is 16.3. The van der Waals surface area contributed by atoms with Crippen LogP contribution in [0.25, 0.3) is 233 Å². The van der Waals surface area contributed by atoms with Gasteiger partial charge < -0.3 is 18.1 Å². The van der Waals surface area contributed by atoms with E-state index in [2.05, 4.69) is 437 Å². The summed E-state index contributed by atoms with van der Waals surface area (Å²) in [6, 6.07) is 154. The van der Waals surface area contributed by atoms with Gasteiger partial charge in [-0.25, -0.2) is 9.97 Å². The molecule has 554 valence electrons. The summed E-state index contributed by atoms with van der Waals surface area (Å²) in [4.78, 5) is 11.0. The number of hydrogen-bond donors (Lipinski definition) is 0. The summed E-state index contributed by atoms with van der Waals surface area (Å²) >= 11 is 0. The van der Waals surface area contributed by atoms with Crippen molar-refractivity contribution in [3.05, 3.63) is 425 Å². The van der Waals surface area contributed by atoms with Crippen LogP contribution < -0.4 is 0 Å². The molecule has 18 aromatic carbocycles. The van der Waals surface area contributed by atoms with Crippen molar-refractivity contribution in [2.75, 3.05) is 0 Å². The summed E-state index contributed by atoms with van der Waals surface area (Å²) < 4.78 is 16.6. The summed E-state index contributed by atoms with van der Waals surface area (Å²) in [5.74, 6) is 1.41. The van der Waals surface area contributed by atoms with E-state index in [0.717, 1.165) is 161 Å². The summed E-state index contributed by atoms with van der Waals surface area (Å²) in [6.07, 6.45) is 0. The quantitative estimate of drug-likeness (QED) is 0.116. The van der Waals surface area contributed by atoms with E-state index < -0.39 is 0 Å². The molecule has 0 saturated heterocycles. The van der Waals surface area contributed by atoms with Crippen molar-refractivity contribution in [2.45, 2.75) is 0 Å².